The lowest BCUT2D eigenvalue weighted by atomic mass is 9.98. The van der Waals surface area contributed by atoms with Crippen LogP contribution >= 0.6 is 12.2 Å². The summed E-state index contributed by atoms with van der Waals surface area (Å²) in [5.41, 5.74) is 5.24. The molecule has 1 aliphatic rings. The van der Waals surface area contributed by atoms with Gasteiger partial charge in [-0.25, -0.2) is 0 Å². The van der Waals surface area contributed by atoms with Crippen molar-refractivity contribution in [3.8, 4) is 0 Å². The number of benzene rings is 2. The van der Waals surface area contributed by atoms with Crippen molar-refractivity contribution >= 4 is 28.7 Å². The van der Waals surface area contributed by atoms with Gasteiger partial charge in [0.1, 0.15) is 0 Å². The van der Waals surface area contributed by atoms with Crippen LogP contribution in [0.3, 0.4) is 0 Å². The molecule has 3 rings (SSSR count). The van der Waals surface area contributed by atoms with Gasteiger partial charge >= 0.3 is 0 Å². The monoisotopic (exact) mass is 309 g/mol. The molecule has 2 aromatic carbocycles. The number of fused-ring (bicyclic) bond motifs is 1. The first kappa shape index (κ1) is 14.9. The molecule has 0 atom stereocenters. The molecule has 0 saturated heterocycles. The molecular weight excluding hydrogens is 290 g/mol. The molecule has 3 heteroatoms. The van der Waals surface area contributed by atoms with Crippen molar-refractivity contribution < 1.29 is 4.79 Å². The van der Waals surface area contributed by atoms with E-state index >= 15 is 0 Å². The lowest BCUT2D eigenvalue weighted by Gasteiger charge is -2.10. The molecule has 1 amide bonds. The standard InChI is InChI=1S/C19H19NOS/c1-2-3-5-13-8-10-14(11-9-13)19(22)16-7-4-6-15-12-17(21)20-18(15)16/h4,6-11H,2-3,5,12H2,1H3,(H,20,21). The first-order valence-corrected chi connectivity index (χ1v) is 8.15. The Morgan fingerprint density at radius 2 is 1.95 bits per heavy atom. The number of unbranched alkanes of at least 4 members (excludes halogenated alkanes) is 1. The van der Waals surface area contributed by atoms with Crippen LogP contribution in [0.25, 0.3) is 0 Å². The maximum absolute atomic E-state index is 11.6. The number of hydrogen-bond donors (Lipinski definition) is 1. The Balaban J connectivity index is 1.86. The van der Waals surface area contributed by atoms with Crippen molar-refractivity contribution in [2.75, 3.05) is 5.32 Å². The Kier molecular flexibility index (Phi) is 4.34. The maximum atomic E-state index is 11.6. The van der Waals surface area contributed by atoms with Crippen molar-refractivity contribution in [3.05, 3.63) is 64.7 Å². The van der Waals surface area contributed by atoms with Crippen molar-refractivity contribution in [3.63, 3.8) is 0 Å². The molecule has 0 spiro atoms. The fourth-order valence-electron chi connectivity index (χ4n) is 2.80. The average Bonchev–Trinajstić information content (AvgIpc) is 2.92. The molecule has 0 fully saturated rings. The summed E-state index contributed by atoms with van der Waals surface area (Å²) in [7, 11) is 0. The zero-order chi connectivity index (χ0) is 15.5. The van der Waals surface area contributed by atoms with Crippen LogP contribution in [0.15, 0.2) is 42.5 Å². The summed E-state index contributed by atoms with van der Waals surface area (Å²) in [6.45, 7) is 2.20. The molecular formula is C19H19NOS. The Bertz CT molecular complexity index is 719. The number of anilines is 1. The van der Waals surface area contributed by atoms with Gasteiger partial charge in [-0.05, 0) is 29.5 Å². The second-order valence-corrected chi connectivity index (χ2v) is 6.10. The van der Waals surface area contributed by atoms with Gasteiger partial charge < -0.3 is 5.32 Å². The second kappa shape index (κ2) is 6.41. The van der Waals surface area contributed by atoms with E-state index in [2.05, 4.69) is 36.5 Å². The van der Waals surface area contributed by atoms with Crippen molar-refractivity contribution in [1.82, 2.24) is 0 Å². The van der Waals surface area contributed by atoms with Crippen LogP contribution in [-0.4, -0.2) is 10.8 Å². The Morgan fingerprint density at radius 1 is 1.18 bits per heavy atom. The zero-order valence-electron chi connectivity index (χ0n) is 12.7. The summed E-state index contributed by atoms with van der Waals surface area (Å²) >= 11 is 5.65. The number of thiocarbonyl (C=S) groups is 1. The Morgan fingerprint density at radius 3 is 2.68 bits per heavy atom. The van der Waals surface area contributed by atoms with Gasteiger partial charge in [-0.15, -0.1) is 0 Å². The largest absolute Gasteiger partial charge is 0.325 e. The molecule has 0 bridgehead atoms. The number of nitrogens with one attached hydrogen (secondary N) is 1. The number of carbonyl (C=O) groups is 1. The Labute approximate surface area is 136 Å². The number of carbonyl (C=O) groups excluding carboxylic acids is 1. The van der Waals surface area contributed by atoms with E-state index in [1.54, 1.807) is 0 Å². The minimum atomic E-state index is 0.0418. The topological polar surface area (TPSA) is 29.1 Å². The highest BCUT2D eigenvalue weighted by Crippen LogP contribution is 2.29. The van der Waals surface area contributed by atoms with E-state index in [1.807, 2.05) is 18.2 Å². The van der Waals surface area contributed by atoms with E-state index in [4.69, 9.17) is 12.2 Å². The fourth-order valence-corrected chi connectivity index (χ4v) is 3.11. The van der Waals surface area contributed by atoms with Crippen LogP contribution in [0.1, 0.15) is 42.0 Å². The Hall–Kier alpha value is -2.00. The molecule has 1 heterocycles. The third-order valence-corrected chi connectivity index (χ3v) is 4.50. The van der Waals surface area contributed by atoms with Crippen LogP contribution in [-0.2, 0) is 17.6 Å². The van der Waals surface area contributed by atoms with Crippen LogP contribution in [0.2, 0.25) is 0 Å². The van der Waals surface area contributed by atoms with E-state index in [0.29, 0.717) is 6.42 Å². The smallest absolute Gasteiger partial charge is 0.228 e. The number of amides is 1. The van der Waals surface area contributed by atoms with E-state index in [0.717, 1.165) is 33.7 Å². The first-order valence-electron chi connectivity index (χ1n) is 7.74. The third-order valence-electron chi connectivity index (χ3n) is 4.05. The SMILES string of the molecule is CCCCc1ccc(C(=S)c2cccc3c2NC(=O)C3)cc1. The molecule has 2 nitrogen and oxygen atoms in total. The van der Waals surface area contributed by atoms with Gasteiger partial charge in [0.25, 0.3) is 0 Å². The molecule has 2 aromatic rings. The lowest BCUT2D eigenvalue weighted by Crippen LogP contribution is -2.07. The van der Waals surface area contributed by atoms with Gasteiger partial charge in [0.2, 0.25) is 5.91 Å². The van der Waals surface area contributed by atoms with Gasteiger partial charge in [0.05, 0.1) is 17.0 Å². The van der Waals surface area contributed by atoms with E-state index in [9.17, 15) is 4.79 Å². The molecule has 112 valence electrons. The lowest BCUT2D eigenvalue weighted by molar-refractivity contribution is -0.115. The third kappa shape index (κ3) is 2.95. The van der Waals surface area contributed by atoms with Crippen molar-refractivity contribution in [2.45, 2.75) is 32.6 Å². The molecule has 0 aromatic heterocycles. The molecule has 0 aliphatic carbocycles. The summed E-state index contributed by atoms with van der Waals surface area (Å²) in [5.74, 6) is 0.0418. The summed E-state index contributed by atoms with van der Waals surface area (Å²) in [6.07, 6.45) is 3.97. The molecule has 1 aliphatic heterocycles. The molecule has 22 heavy (non-hydrogen) atoms. The highest BCUT2D eigenvalue weighted by molar-refractivity contribution is 7.81. The molecule has 1 N–H and O–H groups in total. The highest BCUT2D eigenvalue weighted by Gasteiger charge is 2.22. The molecule has 0 radical (unpaired) electrons. The average molecular weight is 309 g/mol. The fraction of sp³-hybridized carbons (Fsp3) is 0.263. The summed E-state index contributed by atoms with van der Waals surface area (Å²) < 4.78 is 0. The maximum Gasteiger partial charge on any atom is 0.228 e. The zero-order valence-corrected chi connectivity index (χ0v) is 13.5. The van der Waals surface area contributed by atoms with Crippen LogP contribution in [0.5, 0.6) is 0 Å². The summed E-state index contributed by atoms with van der Waals surface area (Å²) in [6, 6.07) is 14.4. The molecule has 0 saturated carbocycles. The highest BCUT2D eigenvalue weighted by atomic mass is 32.1. The van der Waals surface area contributed by atoms with Gasteiger partial charge in [-0.1, -0.05) is 68.0 Å². The van der Waals surface area contributed by atoms with Gasteiger partial charge in [0, 0.05) is 5.56 Å². The normalized spacial score (nSPS) is 12.9. The predicted octanol–water partition coefficient (Wildman–Crippen LogP) is 4.29. The number of para-hydroxylation sites is 1. The van der Waals surface area contributed by atoms with E-state index in [-0.39, 0.29) is 5.91 Å². The van der Waals surface area contributed by atoms with Crippen molar-refractivity contribution in [2.24, 2.45) is 0 Å². The van der Waals surface area contributed by atoms with E-state index in [1.165, 1.54) is 18.4 Å². The number of aryl methyl sites for hydroxylation is 1. The minimum Gasteiger partial charge on any atom is -0.325 e. The van der Waals surface area contributed by atoms with Gasteiger partial charge in [-0.3, -0.25) is 4.79 Å². The van der Waals surface area contributed by atoms with Gasteiger partial charge in [-0.2, -0.15) is 0 Å². The van der Waals surface area contributed by atoms with Crippen LogP contribution in [0.4, 0.5) is 5.69 Å². The number of rotatable bonds is 5. The quantitative estimate of drug-likeness (QED) is 0.659. The first-order chi connectivity index (χ1) is 10.7. The summed E-state index contributed by atoms with van der Waals surface area (Å²) in [5, 5.41) is 2.93. The summed E-state index contributed by atoms with van der Waals surface area (Å²) in [4.78, 5) is 12.4. The number of hydrogen-bond acceptors (Lipinski definition) is 2. The minimum absolute atomic E-state index is 0.0418. The van der Waals surface area contributed by atoms with Gasteiger partial charge in [0.15, 0.2) is 0 Å². The van der Waals surface area contributed by atoms with Crippen LogP contribution in [0, 0.1) is 0 Å². The second-order valence-electron chi connectivity index (χ2n) is 5.69. The van der Waals surface area contributed by atoms with Crippen molar-refractivity contribution in [1.29, 1.82) is 0 Å². The molecule has 0 unspecified atom stereocenters. The van der Waals surface area contributed by atoms with Crippen LogP contribution < -0.4 is 5.32 Å². The predicted molar refractivity (Wildman–Crippen MR) is 94.6 cm³/mol. The van der Waals surface area contributed by atoms with E-state index < -0.39 is 0 Å².